The fraction of sp³-hybridized carbons (Fsp3) is 1.00. The van der Waals surface area contributed by atoms with E-state index in [2.05, 4.69) is 39.9 Å². The maximum Gasteiger partial charge on any atom is 0.0584 e. The van der Waals surface area contributed by atoms with E-state index in [9.17, 15) is 0 Å². The van der Waals surface area contributed by atoms with Crippen LogP contribution >= 0.6 is 0 Å². The number of hydrogen-bond acceptors (Lipinski definition) is 2. The minimum absolute atomic E-state index is 0.384. The highest BCUT2D eigenvalue weighted by atomic mass is 16.5. The molecule has 2 nitrogen and oxygen atoms in total. The molecule has 2 heteroatoms. The summed E-state index contributed by atoms with van der Waals surface area (Å²) in [5, 5.41) is 3.58. The molecule has 0 amide bonds. The second kappa shape index (κ2) is 6.75. The largest absolute Gasteiger partial charge is 0.375 e. The highest BCUT2D eigenvalue weighted by Gasteiger charge is 2.29. The first-order chi connectivity index (χ1) is 7.93. The monoisotopic (exact) mass is 241 g/mol. The highest BCUT2D eigenvalue weighted by molar-refractivity contribution is 4.81. The number of hydrogen-bond donors (Lipinski definition) is 1. The average molecular weight is 241 g/mol. The first-order valence-corrected chi connectivity index (χ1v) is 7.32. The Bertz CT molecular complexity index is 215. The van der Waals surface area contributed by atoms with E-state index in [1.54, 1.807) is 0 Å². The topological polar surface area (TPSA) is 21.3 Å². The molecule has 0 aliphatic carbocycles. The summed E-state index contributed by atoms with van der Waals surface area (Å²) in [5.74, 6) is 0. The van der Waals surface area contributed by atoms with Crippen LogP contribution in [0.15, 0.2) is 0 Å². The van der Waals surface area contributed by atoms with Crippen LogP contribution in [0.5, 0.6) is 0 Å². The SMILES string of the molecule is CCCNC(C)CC(C)(C)CC1CCC(C)O1. The molecule has 0 spiro atoms. The third kappa shape index (κ3) is 5.87. The van der Waals surface area contributed by atoms with Gasteiger partial charge >= 0.3 is 0 Å². The normalized spacial score (nSPS) is 27.4. The van der Waals surface area contributed by atoms with Crippen LogP contribution < -0.4 is 5.32 Å². The summed E-state index contributed by atoms with van der Waals surface area (Å²) >= 11 is 0. The smallest absolute Gasteiger partial charge is 0.0584 e. The third-order valence-corrected chi connectivity index (χ3v) is 3.70. The van der Waals surface area contributed by atoms with Crippen molar-refractivity contribution in [2.75, 3.05) is 6.54 Å². The molecule has 0 radical (unpaired) electrons. The summed E-state index contributed by atoms with van der Waals surface area (Å²) in [6.07, 6.45) is 7.13. The van der Waals surface area contributed by atoms with Crippen molar-refractivity contribution in [3.8, 4) is 0 Å². The molecular weight excluding hydrogens is 210 g/mol. The second-order valence-corrected chi connectivity index (χ2v) is 6.57. The van der Waals surface area contributed by atoms with Crippen molar-refractivity contribution in [3.63, 3.8) is 0 Å². The van der Waals surface area contributed by atoms with Gasteiger partial charge in [0, 0.05) is 6.04 Å². The lowest BCUT2D eigenvalue weighted by atomic mass is 9.80. The maximum absolute atomic E-state index is 5.94. The van der Waals surface area contributed by atoms with Crippen LogP contribution in [-0.2, 0) is 4.74 Å². The number of nitrogens with one attached hydrogen (secondary N) is 1. The standard InChI is InChI=1S/C15H31NO/c1-6-9-16-12(2)10-15(4,5)11-14-8-7-13(3)17-14/h12-14,16H,6-11H2,1-5H3. The maximum atomic E-state index is 5.94. The molecule has 3 atom stereocenters. The zero-order valence-electron chi connectivity index (χ0n) is 12.4. The molecule has 0 saturated carbocycles. The molecule has 0 aromatic carbocycles. The molecule has 1 fully saturated rings. The highest BCUT2D eigenvalue weighted by Crippen LogP contribution is 2.34. The molecule has 17 heavy (non-hydrogen) atoms. The Kier molecular flexibility index (Phi) is 5.94. The lowest BCUT2D eigenvalue weighted by molar-refractivity contribution is 0.0253. The number of ether oxygens (including phenoxy) is 1. The van der Waals surface area contributed by atoms with Gasteiger partial charge in [-0.25, -0.2) is 0 Å². The minimum Gasteiger partial charge on any atom is -0.375 e. The van der Waals surface area contributed by atoms with E-state index < -0.39 is 0 Å². The molecular formula is C15H31NO. The third-order valence-electron chi connectivity index (χ3n) is 3.70. The number of rotatable bonds is 7. The van der Waals surface area contributed by atoms with Gasteiger partial charge in [-0.05, 0) is 57.9 Å². The van der Waals surface area contributed by atoms with Crippen LogP contribution in [-0.4, -0.2) is 24.8 Å². The molecule has 102 valence electrons. The summed E-state index contributed by atoms with van der Waals surface area (Å²) in [6, 6.07) is 0.615. The molecule has 0 bridgehead atoms. The van der Waals surface area contributed by atoms with Gasteiger partial charge in [0.25, 0.3) is 0 Å². The molecule has 1 aliphatic rings. The van der Waals surface area contributed by atoms with Crippen molar-refractivity contribution in [2.45, 2.75) is 85.0 Å². The van der Waals surface area contributed by atoms with Crippen molar-refractivity contribution in [3.05, 3.63) is 0 Å². The Balaban J connectivity index is 2.29. The zero-order chi connectivity index (χ0) is 12.9. The first kappa shape index (κ1) is 15.0. The summed E-state index contributed by atoms with van der Waals surface area (Å²) in [7, 11) is 0. The summed E-state index contributed by atoms with van der Waals surface area (Å²) in [5.41, 5.74) is 0.384. The van der Waals surface area contributed by atoms with E-state index >= 15 is 0 Å². The van der Waals surface area contributed by atoms with E-state index in [0.29, 0.717) is 23.7 Å². The van der Waals surface area contributed by atoms with Crippen LogP contribution in [0.1, 0.15) is 66.7 Å². The van der Waals surface area contributed by atoms with Gasteiger partial charge in [-0.1, -0.05) is 20.8 Å². The van der Waals surface area contributed by atoms with Gasteiger partial charge in [0.1, 0.15) is 0 Å². The van der Waals surface area contributed by atoms with Gasteiger partial charge in [-0.15, -0.1) is 0 Å². The summed E-state index contributed by atoms with van der Waals surface area (Å²) in [4.78, 5) is 0. The van der Waals surface area contributed by atoms with Gasteiger partial charge < -0.3 is 10.1 Å². The first-order valence-electron chi connectivity index (χ1n) is 7.32. The molecule has 3 unspecified atom stereocenters. The van der Waals surface area contributed by atoms with E-state index in [-0.39, 0.29) is 0 Å². The Hall–Kier alpha value is -0.0800. The predicted octanol–water partition coefficient (Wildman–Crippen LogP) is 3.75. The lowest BCUT2D eigenvalue weighted by Gasteiger charge is -2.31. The van der Waals surface area contributed by atoms with Crippen LogP contribution in [0.2, 0.25) is 0 Å². The van der Waals surface area contributed by atoms with Crippen molar-refractivity contribution < 1.29 is 4.74 Å². The molecule has 0 aromatic rings. The Morgan fingerprint density at radius 1 is 1.35 bits per heavy atom. The molecule has 1 N–H and O–H groups in total. The van der Waals surface area contributed by atoms with E-state index in [0.717, 1.165) is 6.54 Å². The van der Waals surface area contributed by atoms with Gasteiger partial charge in [-0.2, -0.15) is 0 Å². The van der Waals surface area contributed by atoms with E-state index in [1.165, 1.54) is 32.1 Å². The van der Waals surface area contributed by atoms with E-state index in [1.807, 2.05) is 0 Å². The fourth-order valence-corrected chi connectivity index (χ4v) is 3.03. The van der Waals surface area contributed by atoms with Crippen LogP contribution in [0.4, 0.5) is 0 Å². The Labute approximate surface area is 108 Å². The van der Waals surface area contributed by atoms with Gasteiger partial charge in [-0.3, -0.25) is 0 Å². The van der Waals surface area contributed by atoms with Crippen LogP contribution in [0, 0.1) is 5.41 Å². The van der Waals surface area contributed by atoms with Crippen molar-refractivity contribution in [2.24, 2.45) is 5.41 Å². The van der Waals surface area contributed by atoms with Gasteiger partial charge in [0.15, 0.2) is 0 Å². The van der Waals surface area contributed by atoms with Crippen LogP contribution in [0.25, 0.3) is 0 Å². The Morgan fingerprint density at radius 3 is 2.59 bits per heavy atom. The van der Waals surface area contributed by atoms with Crippen molar-refractivity contribution >= 4 is 0 Å². The van der Waals surface area contributed by atoms with Crippen molar-refractivity contribution in [1.29, 1.82) is 0 Å². The summed E-state index contributed by atoms with van der Waals surface area (Å²) < 4.78 is 5.94. The zero-order valence-corrected chi connectivity index (χ0v) is 12.4. The molecule has 0 aromatic heterocycles. The van der Waals surface area contributed by atoms with Gasteiger partial charge in [0.2, 0.25) is 0 Å². The van der Waals surface area contributed by atoms with E-state index in [4.69, 9.17) is 4.74 Å². The lowest BCUT2D eigenvalue weighted by Crippen LogP contribution is -2.33. The summed E-state index contributed by atoms with van der Waals surface area (Å²) in [6.45, 7) is 12.6. The predicted molar refractivity (Wildman–Crippen MR) is 74.3 cm³/mol. The minimum atomic E-state index is 0.384. The van der Waals surface area contributed by atoms with Crippen molar-refractivity contribution in [1.82, 2.24) is 5.32 Å². The molecule has 1 aliphatic heterocycles. The fourth-order valence-electron chi connectivity index (χ4n) is 3.03. The molecule has 1 rings (SSSR count). The molecule has 1 heterocycles. The van der Waals surface area contributed by atoms with Crippen LogP contribution in [0.3, 0.4) is 0 Å². The average Bonchev–Trinajstić information content (AvgIpc) is 2.59. The van der Waals surface area contributed by atoms with Gasteiger partial charge in [0.05, 0.1) is 12.2 Å². The second-order valence-electron chi connectivity index (χ2n) is 6.57. The molecule has 1 saturated heterocycles. The quantitative estimate of drug-likeness (QED) is 0.733. The Morgan fingerprint density at radius 2 is 2.06 bits per heavy atom.